The number of anilines is 1. The van der Waals surface area contributed by atoms with Gasteiger partial charge in [-0.15, -0.1) is 0 Å². The number of halogens is 1. The van der Waals surface area contributed by atoms with Crippen LogP contribution in [-0.2, 0) is 0 Å². The van der Waals surface area contributed by atoms with Gasteiger partial charge in [-0.3, -0.25) is 15.1 Å². The van der Waals surface area contributed by atoms with Crippen molar-refractivity contribution in [2.45, 2.75) is 13.0 Å². The van der Waals surface area contributed by atoms with Crippen LogP contribution in [0.25, 0.3) is 0 Å². The van der Waals surface area contributed by atoms with Gasteiger partial charge in [-0.05, 0) is 42.8 Å². The molecular weight excluding hydrogens is 340 g/mol. The number of rotatable bonds is 5. The van der Waals surface area contributed by atoms with E-state index < -0.39 is 4.92 Å². The van der Waals surface area contributed by atoms with E-state index in [0.29, 0.717) is 16.4 Å². The normalized spacial score (nSPS) is 11.8. The van der Waals surface area contributed by atoms with E-state index in [1.54, 1.807) is 25.3 Å². The lowest BCUT2D eigenvalue weighted by Crippen LogP contribution is -2.15. The zero-order valence-electron chi connectivity index (χ0n) is 13.4. The number of hydrogen-bond acceptors (Lipinski definition) is 5. The van der Waals surface area contributed by atoms with Gasteiger partial charge < -0.3 is 5.32 Å². The number of aromatic nitrogens is 2. The lowest BCUT2D eigenvalue weighted by molar-refractivity contribution is -0.385. The molecule has 25 heavy (non-hydrogen) atoms. The highest BCUT2D eigenvalue weighted by Crippen LogP contribution is 2.28. The lowest BCUT2D eigenvalue weighted by Gasteiger charge is -2.20. The van der Waals surface area contributed by atoms with Crippen molar-refractivity contribution in [1.82, 2.24) is 9.97 Å². The molecule has 2 heterocycles. The molecule has 0 amide bonds. The van der Waals surface area contributed by atoms with E-state index in [1.807, 2.05) is 36.4 Å². The van der Waals surface area contributed by atoms with E-state index in [2.05, 4.69) is 15.3 Å². The molecule has 3 aromatic rings. The van der Waals surface area contributed by atoms with E-state index >= 15 is 0 Å². The largest absolute Gasteiger partial charge is 0.358 e. The summed E-state index contributed by atoms with van der Waals surface area (Å²) in [5, 5.41) is 14.9. The first-order valence-electron chi connectivity index (χ1n) is 7.58. The topological polar surface area (TPSA) is 81.0 Å². The maximum atomic E-state index is 11.0. The quantitative estimate of drug-likeness (QED) is 0.537. The van der Waals surface area contributed by atoms with Gasteiger partial charge in [-0.2, -0.15) is 0 Å². The summed E-state index contributed by atoms with van der Waals surface area (Å²) in [7, 11) is 0. The molecule has 0 saturated heterocycles. The Morgan fingerprint density at radius 3 is 2.64 bits per heavy atom. The summed E-state index contributed by atoms with van der Waals surface area (Å²) < 4.78 is 0. The van der Waals surface area contributed by atoms with Gasteiger partial charge in [0.15, 0.2) is 0 Å². The van der Waals surface area contributed by atoms with Gasteiger partial charge in [0.2, 0.25) is 0 Å². The number of pyridine rings is 2. The average molecular weight is 355 g/mol. The second-order valence-corrected chi connectivity index (χ2v) is 5.94. The first-order valence-corrected chi connectivity index (χ1v) is 7.96. The molecule has 3 rings (SSSR count). The van der Waals surface area contributed by atoms with E-state index in [4.69, 9.17) is 11.6 Å². The fourth-order valence-corrected chi connectivity index (χ4v) is 2.73. The highest BCUT2D eigenvalue weighted by Gasteiger charge is 2.18. The number of nitro groups is 1. The van der Waals surface area contributed by atoms with Crippen LogP contribution in [0.1, 0.15) is 22.9 Å². The summed E-state index contributed by atoms with van der Waals surface area (Å²) in [4.78, 5) is 19.1. The number of aryl methyl sites for hydroxylation is 1. The Labute approximate surface area is 149 Å². The van der Waals surface area contributed by atoms with E-state index in [-0.39, 0.29) is 11.7 Å². The van der Waals surface area contributed by atoms with Gasteiger partial charge in [0, 0.05) is 16.8 Å². The fraction of sp³-hybridized carbons (Fsp3) is 0.111. The molecule has 0 saturated carbocycles. The monoisotopic (exact) mass is 354 g/mol. The number of nitrogens with one attached hydrogen (secondary N) is 1. The summed E-state index contributed by atoms with van der Waals surface area (Å²) in [6, 6.07) is 14.5. The van der Waals surface area contributed by atoms with Gasteiger partial charge >= 0.3 is 0 Å². The summed E-state index contributed by atoms with van der Waals surface area (Å²) in [5.74, 6) is 0.527. The molecule has 0 radical (unpaired) electrons. The molecule has 1 unspecified atom stereocenters. The van der Waals surface area contributed by atoms with Gasteiger partial charge in [0.05, 0.1) is 16.7 Å². The third-order valence-corrected chi connectivity index (χ3v) is 3.97. The minimum absolute atomic E-state index is 0.0114. The predicted octanol–water partition coefficient (Wildman–Crippen LogP) is 4.55. The molecule has 0 aliphatic rings. The summed E-state index contributed by atoms with van der Waals surface area (Å²) in [5.41, 5.74) is 2.24. The Balaban J connectivity index is 1.98. The van der Waals surface area contributed by atoms with Gasteiger partial charge in [-0.25, -0.2) is 4.98 Å². The highest BCUT2D eigenvalue weighted by molar-refractivity contribution is 6.30. The summed E-state index contributed by atoms with van der Waals surface area (Å²) in [6.45, 7) is 1.68. The van der Waals surface area contributed by atoms with Gasteiger partial charge in [0.1, 0.15) is 12.0 Å². The second kappa shape index (κ2) is 7.27. The molecule has 6 nitrogen and oxygen atoms in total. The minimum Gasteiger partial charge on any atom is -0.358 e. The van der Waals surface area contributed by atoms with E-state index in [1.165, 1.54) is 6.20 Å². The highest BCUT2D eigenvalue weighted by atomic mass is 35.5. The molecule has 1 N–H and O–H groups in total. The summed E-state index contributed by atoms with van der Waals surface area (Å²) >= 11 is 6.12. The van der Waals surface area contributed by atoms with Crippen molar-refractivity contribution in [2.24, 2.45) is 0 Å². The third kappa shape index (κ3) is 3.92. The van der Waals surface area contributed by atoms with Crippen LogP contribution >= 0.6 is 11.6 Å². The van der Waals surface area contributed by atoms with Crippen LogP contribution in [0.3, 0.4) is 0 Å². The Bertz CT molecular complexity index is 903. The molecule has 0 bridgehead atoms. The molecular formula is C18H15ClN4O2. The molecule has 0 fully saturated rings. The number of benzene rings is 1. The molecule has 7 heteroatoms. The van der Waals surface area contributed by atoms with Crippen LogP contribution in [0.2, 0.25) is 5.02 Å². The molecule has 126 valence electrons. The average Bonchev–Trinajstić information content (AvgIpc) is 2.60. The summed E-state index contributed by atoms with van der Waals surface area (Å²) in [6.07, 6.45) is 2.97. The van der Waals surface area contributed by atoms with Gasteiger partial charge in [0.25, 0.3) is 5.69 Å². The first kappa shape index (κ1) is 16.9. The van der Waals surface area contributed by atoms with Crippen LogP contribution in [0.4, 0.5) is 11.5 Å². The molecule has 2 aromatic heterocycles. The van der Waals surface area contributed by atoms with E-state index in [0.717, 1.165) is 11.3 Å². The van der Waals surface area contributed by atoms with Crippen molar-refractivity contribution in [3.8, 4) is 0 Å². The third-order valence-electron chi connectivity index (χ3n) is 3.74. The Kier molecular flexibility index (Phi) is 4.90. The Morgan fingerprint density at radius 2 is 2.00 bits per heavy atom. The molecule has 0 aliphatic heterocycles. The van der Waals surface area contributed by atoms with Crippen LogP contribution < -0.4 is 5.32 Å². The molecule has 0 aliphatic carbocycles. The van der Waals surface area contributed by atoms with Crippen molar-refractivity contribution < 1.29 is 4.92 Å². The minimum atomic E-state index is -0.445. The van der Waals surface area contributed by atoms with Crippen LogP contribution in [0.15, 0.2) is 60.9 Å². The standard InChI is InChI=1S/C18H15ClN4O2/c1-12-9-17(21-11-16(12)23(24)25)22-18(15-7-2-3-8-20-15)13-5-4-6-14(19)10-13/h2-11,18H,1H3,(H,21,22). The second-order valence-electron chi connectivity index (χ2n) is 5.50. The van der Waals surface area contributed by atoms with Crippen molar-refractivity contribution in [2.75, 3.05) is 5.32 Å². The van der Waals surface area contributed by atoms with Crippen LogP contribution in [0, 0.1) is 17.0 Å². The fourth-order valence-electron chi connectivity index (χ4n) is 2.53. The predicted molar refractivity (Wildman–Crippen MR) is 96.8 cm³/mol. The number of nitrogens with zero attached hydrogens (tertiary/aromatic N) is 3. The van der Waals surface area contributed by atoms with Crippen molar-refractivity contribution in [1.29, 1.82) is 0 Å². The van der Waals surface area contributed by atoms with Crippen molar-refractivity contribution in [3.05, 3.63) is 92.9 Å². The molecule has 1 atom stereocenters. The van der Waals surface area contributed by atoms with Crippen LogP contribution in [-0.4, -0.2) is 14.9 Å². The Morgan fingerprint density at radius 1 is 1.16 bits per heavy atom. The first-order chi connectivity index (χ1) is 12.0. The maximum absolute atomic E-state index is 11.0. The molecule has 0 spiro atoms. The van der Waals surface area contributed by atoms with Crippen LogP contribution in [0.5, 0.6) is 0 Å². The van der Waals surface area contributed by atoms with Crippen molar-refractivity contribution >= 4 is 23.1 Å². The zero-order chi connectivity index (χ0) is 17.8. The Hall–Kier alpha value is -2.99. The van der Waals surface area contributed by atoms with Gasteiger partial charge in [-0.1, -0.05) is 29.8 Å². The smallest absolute Gasteiger partial charge is 0.290 e. The van der Waals surface area contributed by atoms with Crippen molar-refractivity contribution in [3.63, 3.8) is 0 Å². The number of hydrogen-bond donors (Lipinski definition) is 1. The maximum Gasteiger partial charge on any atom is 0.290 e. The van der Waals surface area contributed by atoms with E-state index in [9.17, 15) is 10.1 Å². The molecule has 1 aromatic carbocycles. The SMILES string of the molecule is Cc1cc(NC(c2cccc(Cl)c2)c2ccccn2)ncc1[N+](=O)[O-]. The zero-order valence-corrected chi connectivity index (χ0v) is 14.1. The lowest BCUT2D eigenvalue weighted by atomic mass is 10.0.